The van der Waals surface area contributed by atoms with Gasteiger partial charge in [0.15, 0.2) is 6.40 Å². The molecule has 1 rings (SSSR count). The lowest BCUT2D eigenvalue weighted by atomic mass is 9.71. The molecule has 0 aromatic heterocycles. The minimum Gasteiger partial charge on any atom is -0.483 e. The topological polar surface area (TPSA) is 50.2 Å². The molecule has 0 heterocycles. The summed E-state index contributed by atoms with van der Waals surface area (Å²) in [6.45, 7) is 6.48. The van der Waals surface area contributed by atoms with E-state index in [-0.39, 0.29) is 11.3 Å². The number of nitrogens with one attached hydrogen (secondary N) is 1. The van der Waals surface area contributed by atoms with Crippen LogP contribution in [0.4, 0.5) is 0 Å². The highest BCUT2D eigenvalue weighted by atomic mass is 16.5. The van der Waals surface area contributed by atoms with Crippen LogP contribution in [0, 0.1) is 22.7 Å². The molecule has 0 amide bonds. The van der Waals surface area contributed by atoms with E-state index in [4.69, 9.17) is 10.1 Å². The van der Waals surface area contributed by atoms with Crippen LogP contribution in [0.1, 0.15) is 46.5 Å². The van der Waals surface area contributed by atoms with Crippen LogP contribution in [0.25, 0.3) is 0 Å². The molecular formula is C13H23NO2. The third kappa shape index (κ3) is 3.32. The number of hydrogen-bond donors (Lipinski definition) is 1. The van der Waals surface area contributed by atoms with Crippen LogP contribution in [-0.4, -0.2) is 18.8 Å². The van der Waals surface area contributed by atoms with E-state index in [1.807, 2.05) is 20.8 Å². The summed E-state index contributed by atoms with van der Waals surface area (Å²) in [5.41, 5.74) is -0.259. The predicted octanol–water partition coefficient (Wildman–Crippen LogP) is 3.03. The van der Waals surface area contributed by atoms with Crippen molar-refractivity contribution in [2.24, 2.45) is 17.3 Å². The molecule has 0 saturated heterocycles. The third-order valence-corrected chi connectivity index (χ3v) is 3.38. The summed E-state index contributed by atoms with van der Waals surface area (Å²) in [7, 11) is 0. The van der Waals surface area contributed by atoms with Gasteiger partial charge in [-0.15, -0.1) is 0 Å². The Morgan fingerprint density at radius 1 is 1.38 bits per heavy atom. The number of ketones is 1. The average molecular weight is 225 g/mol. The Labute approximate surface area is 98.1 Å². The lowest BCUT2D eigenvalue weighted by Gasteiger charge is -2.33. The van der Waals surface area contributed by atoms with Crippen LogP contribution < -0.4 is 0 Å². The van der Waals surface area contributed by atoms with Crippen molar-refractivity contribution in [1.82, 2.24) is 0 Å². The van der Waals surface area contributed by atoms with Crippen LogP contribution in [0.3, 0.4) is 0 Å². The summed E-state index contributed by atoms with van der Waals surface area (Å²) in [6, 6.07) is 0. The van der Waals surface area contributed by atoms with Crippen molar-refractivity contribution in [2.45, 2.75) is 46.5 Å². The summed E-state index contributed by atoms with van der Waals surface area (Å²) < 4.78 is 5.06. The van der Waals surface area contributed by atoms with E-state index in [1.54, 1.807) is 0 Å². The first kappa shape index (κ1) is 13.2. The molecule has 0 bridgehead atoms. The fourth-order valence-corrected chi connectivity index (χ4v) is 2.48. The summed E-state index contributed by atoms with van der Waals surface area (Å²) in [6.07, 6.45) is 5.35. The first-order valence-electron chi connectivity index (χ1n) is 6.11. The van der Waals surface area contributed by atoms with E-state index in [0.29, 0.717) is 18.3 Å². The molecule has 3 nitrogen and oxygen atoms in total. The molecule has 0 spiro atoms. The highest BCUT2D eigenvalue weighted by Crippen LogP contribution is 2.35. The second kappa shape index (κ2) is 5.46. The second-order valence-corrected chi connectivity index (χ2v) is 5.72. The molecule has 1 N–H and O–H groups in total. The smallest absolute Gasteiger partial charge is 0.166 e. The maximum atomic E-state index is 12.3. The number of Topliss-reactive ketones (excluding diaryl/α,β-unsaturated/α-hetero) is 1. The number of hydrogen-bond acceptors (Lipinski definition) is 3. The zero-order valence-corrected chi connectivity index (χ0v) is 10.6. The Hall–Kier alpha value is -0.860. The second-order valence-electron chi connectivity index (χ2n) is 5.72. The van der Waals surface area contributed by atoms with Crippen molar-refractivity contribution in [3.05, 3.63) is 0 Å². The molecule has 1 aliphatic carbocycles. The molecule has 3 heteroatoms. The predicted molar refractivity (Wildman–Crippen MR) is 64.6 cm³/mol. The molecule has 0 aliphatic heterocycles. The highest BCUT2D eigenvalue weighted by molar-refractivity contribution is 5.86. The Morgan fingerprint density at radius 3 is 2.56 bits per heavy atom. The fourth-order valence-electron chi connectivity index (χ4n) is 2.48. The van der Waals surface area contributed by atoms with Crippen LogP contribution in [0.2, 0.25) is 0 Å². The molecule has 1 saturated carbocycles. The molecule has 92 valence electrons. The zero-order chi connectivity index (χ0) is 12.2. The van der Waals surface area contributed by atoms with Gasteiger partial charge in [0.25, 0.3) is 0 Å². The van der Waals surface area contributed by atoms with Gasteiger partial charge in [0, 0.05) is 17.3 Å². The first-order chi connectivity index (χ1) is 7.46. The van der Waals surface area contributed by atoms with Gasteiger partial charge in [0.2, 0.25) is 0 Å². The van der Waals surface area contributed by atoms with E-state index in [2.05, 4.69) is 0 Å². The molecule has 2 unspecified atom stereocenters. The van der Waals surface area contributed by atoms with E-state index in [9.17, 15) is 4.79 Å². The summed E-state index contributed by atoms with van der Waals surface area (Å²) in [4.78, 5) is 12.3. The van der Waals surface area contributed by atoms with Crippen LogP contribution in [0.5, 0.6) is 0 Å². The van der Waals surface area contributed by atoms with E-state index in [1.165, 1.54) is 6.42 Å². The van der Waals surface area contributed by atoms with E-state index in [0.717, 1.165) is 25.7 Å². The quantitative estimate of drug-likeness (QED) is 0.590. The van der Waals surface area contributed by atoms with Gasteiger partial charge in [0.05, 0.1) is 6.61 Å². The van der Waals surface area contributed by atoms with Gasteiger partial charge in [-0.05, 0) is 12.8 Å². The molecule has 0 aromatic carbocycles. The fraction of sp³-hybridized carbons (Fsp3) is 0.846. The molecule has 16 heavy (non-hydrogen) atoms. The molecule has 2 atom stereocenters. The summed E-state index contributed by atoms with van der Waals surface area (Å²) in [5, 5.41) is 6.89. The lowest BCUT2D eigenvalue weighted by molar-refractivity contribution is -0.133. The van der Waals surface area contributed by atoms with Crippen LogP contribution in [0.15, 0.2) is 0 Å². The third-order valence-electron chi connectivity index (χ3n) is 3.38. The maximum absolute atomic E-state index is 12.3. The summed E-state index contributed by atoms with van der Waals surface area (Å²) in [5.74, 6) is 0.793. The average Bonchev–Trinajstić information content (AvgIpc) is 2.24. The van der Waals surface area contributed by atoms with Gasteiger partial charge in [-0.3, -0.25) is 10.2 Å². The van der Waals surface area contributed by atoms with Crippen molar-refractivity contribution >= 4 is 12.2 Å². The molecule has 0 aromatic rings. The number of carbonyl (C=O) groups excluding carboxylic acids is 1. The van der Waals surface area contributed by atoms with Gasteiger partial charge in [0.1, 0.15) is 5.78 Å². The lowest BCUT2D eigenvalue weighted by Crippen LogP contribution is -2.36. The Balaban J connectivity index is 2.66. The molecule has 1 aliphatic rings. The number of carbonyl (C=O) groups is 1. The van der Waals surface area contributed by atoms with Gasteiger partial charge in [-0.1, -0.05) is 33.6 Å². The SMILES string of the molecule is CC(C)(C)C(=O)C1CCCCC1COC=N. The number of ether oxygens (including phenoxy) is 1. The first-order valence-corrected chi connectivity index (χ1v) is 6.11. The minimum absolute atomic E-state index is 0.133. The summed E-state index contributed by atoms with van der Waals surface area (Å²) >= 11 is 0. The van der Waals surface area contributed by atoms with Crippen molar-refractivity contribution < 1.29 is 9.53 Å². The molecule has 0 radical (unpaired) electrons. The van der Waals surface area contributed by atoms with Crippen molar-refractivity contribution in [2.75, 3.05) is 6.61 Å². The minimum atomic E-state index is -0.259. The van der Waals surface area contributed by atoms with Gasteiger partial charge in [-0.2, -0.15) is 0 Å². The van der Waals surface area contributed by atoms with Crippen LogP contribution >= 0.6 is 0 Å². The number of rotatable bonds is 4. The molecular weight excluding hydrogens is 202 g/mol. The van der Waals surface area contributed by atoms with Crippen molar-refractivity contribution in [3.8, 4) is 0 Å². The highest BCUT2D eigenvalue weighted by Gasteiger charge is 2.36. The Bertz CT molecular complexity index is 255. The zero-order valence-electron chi connectivity index (χ0n) is 10.6. The van der Waals surface area contributed by atoms with E-state index >= 15 is 0 Å². The molecule has 1 fully saturated rings. The van der Waals surface area contributed by atoms with Gasteiger partial charge in [-0.25, -0.2) is 0 Å². The maximum Gasteiger partial charge on any atom is 0.166 e. The van der Waals surface area contributed by atoms with Crippen molar-refractivity contribution in [1.29, 1.82) is 5.41 Å². The van der Waals surface area contributed by atoms with E-state index < -0.39 is 0 Å². The standard InChI is InChI=1S/C13H23NO2/c1-13(2,3)12(15)11-7-5-4-6-10(11)8-16-9-14/h9-11,14H,4-8H2,1-3H3. The van der Waals surface area contributed by atoms with Crippen LogP contribution in [-0.2, 0) is 9.53 Å². The largest absolute Gasteiger partial charge is 0.483 e. The van der Waals surface area contributed by atoms with Crippen molar-refractivity contribution in [3.63, 3.8) is 0 Å². The monoisotopic (exact) mass is 225 g/mol. The normalized spacial score (nSPS) is 26.2. The van der Waals surface area contributed by atoms with Gasteiger partial charge >= 0.3 is 0 Å². The Kier molecular flexibility index (Phi) is 4.51. The van der Waals surface area contributed by atoms with Gasteiger partial charge < -0.3 is 4.74 Å². The Morgan fingerprint density at radius 2 is 2.00 bits per heavy atom.